The van der Waals surface area contributed by atoms with Gasteiger partial charge in [0.2, 0.25) is 0 Å². The Morgan fingerprint density at radius 3 is 2.83 bits per heavy atom. The van der Waals surface area contributed by atoms with E-state index in [1.165, 1.54) is 30.4 Å². The summed E-state index contributed by atoms with van der Waals surface area (Å²) in [5.41, 5.74) is 4.03. The molecule has 0 aromatic carbocycles. The quantitative estimate of drug-likeness (QED) is 0.711. The fraction of sp³-hybridized carbons (Fsp3) is 0.333. The van der Waals surface area contributed by atoms with Gasteiger partial charge in [-0.2, -0.15) is 0 Å². The van der Waals surface area contributed by atoms with Gasteiger partial charge in [0, 0.05) is 36.6 Å². The number of fused-ring (bicyclic) bond motifs is 1. The van der Waals surface area contributed by atoms with Crippen LogP contribution >= 0.6 is 11.9 Å². The summed E-state index contributed by atoms with van der Waals surface area (Å²) in [6.07, 6.45) is 8.06. The summed E-state index contributed by atoms with van der Waals surface area (Å²) in [5, 5.41) is 0.928. The van der Waals surface area contributed by atoms with Crippen LogP contribution in [0.5, 0.6) is 0 Å². The van der Waals surface area contributed by atoms with Crippen LogP contribution < -0.4 is 10.3 Å². The van der Waals surface area contributed by atoms with Gasteiger partial charge >= 0.3 is 0 Å². The van der Waals surface area contributed by atoms with Gasteiger partial charge in [-0.1, -0.05) is 24.9 Å². The Bertz CT molecular complexity index is 984. The van der Waals surface area contributed by atoms with E-state index in [1.807, 2.05) is 30.8 Å². The lowest BCUT2D eigenvalue weighted by molar-refractivity contribution is 0.784. The third-order valence-electron chi connectivity index (χ3n) is 4.90. The molecule has 3 heterocycles. The first-order chi connectivity index (χ1) is 11.5. The maximum Gasteiger partial charge on any atom is 0.274 e. The number of pyridine rings is 2. The average Bonchev–Trinajstić information content (AvgIpc) is 3.12. The Morgan fingerprint density at radius 1 is 1.33 bits per heavy atom. The van der Waals surface area contributed by atoms with Crippen LogP contribution in [0.4, 0.5) is 5.82 Å². The van der Waals surface area contributed by atoms with Gasteiger partial charge in [-0.15, -0.1) is 0 Å². The highest BCUT2D eigenvalue weighted by molar-refractivity contribution is 7.99. The second-order valence-electron chi connectivity index (χ2n) is 6.68. The molecule has 3 aromatic rings. The average molecular weight is 340 g/mol. The second kappa shape index (κ2) is 5.41. The Balaban J connectivity index is 2.02. The van der Waals surface area contributed by atoms with E-state index in [4.69, 9.17) is 4.98 Å². The minimum atomic E-state index is -0.0173. The van der Waals surface area contributed by atoms with Crippen LogP contribution in [0.1, 0.15) is 25.3 Å². The first-order valence-electron chi connectivity index (χ1n) is 8.01. The zero-order valence-electron chi connectivity index (χ0n) is 14.0. The Morgan fingerprint density at radius 2 is 2.12 bits per heavy atom. The largest absolute Gasteiger partial charge is 0.357 e. The van der Waals surface area contributed by atoms with Crippen molar-refractivity contribution in [2.45, 2.75) is 25.2 Å². The molecule has 124 valence electrons. The molecule has 1 aliphatic rings. The summed E-state index contributed by atoms with van der Waals surface area (Å²) >= 11 is 1.52. The number of aromatic nitrogens is 3. The predicted octanol–water partition coefficient (Wildman–Crippen LogP) is 3.67. The Labute approximate surface area is 144 Å². The number of nitrogens with one attached hydrogen (secondary N) is 2. The molecule has 0 atom stereocenters. The number of H-pyrrole nitrogens is 1. The summed E-state index contributed by atoms with van der Waals surface area (Å²) in [6.45, 7) is 2.28. The van der Waals surface area contributed by atoms with E-state index in [0.29, 0.717) is 5.52 Å². The van der Waals surface area contributed by atoms with E-state index < -0.39 is 0 Å². The number of hydrogen-bond donors (Lipinski definition) is 2. The highest BCUT2D eigenvalue weighted by Crippen LogP contribution is 2.51. The molecule has 0 spiro atoms. The van der Waals surface area contributed by atoms with Gasteiger partial charge in [-0.3, -0.25) is 4.79 Å². The fourth-order valence-corrected chi connectivity index (χ4v) is 3.55. The SMILES string of the molecule is CSNc1ccc(C2(C)CC2)c(-c2cn(C)c(=O)c3[nH]ccc23)n1. The van der Waals surface area contributed by atoms with Crippen molar-refractivity contribution in [1.82, 2.24) is 14.5 Å². The van der Waals surface area contributed by atoms with Gasteiger partial charge in [0.05, 0.1) is 5.69 Å². The van der Waals surface area contributed by atoms with Gasteiger partial charge in [-0.05, 0) is 36.0 Å². The molecule has 24 heavy (non-hydrogen) atoms. The predicted molar refractivity (Wildman–Crippen MR) is 100 cm³/mol. The molecule has 5 nitrogen and oxygen atoms in total. The monoisotopic (exact) mass is 340 g/mol. The number of aromatic amines is 1. The lowest BCUT2D eigenvalue weighted by atomic mass is 9.93. The third kappa shape index (κ3) is 2.33. The summed E-state index contributed by atoms with van der Waals surface area (Å²) in [6, 6.07) is 6.17. The van der Waals surface area contributed by atoms with Crippen molar-refractivity contribution >= 4 is 28.7 Å². The van der Waals surface area contributed by atoms with Crippen molar-refractivity contribution in [3.8, 4) is 11.3 Å². The first kappa shape index (κ1) is 15.3. The van der Waals surface area contributed by atoms with Crippen LogP contribution in [0.3, 0.4) is 0 Å². The van der Waals surface area contributed by atoms with Crippen molar-refractivity contribution in [2.75, 3.05) is 11.0 Å². The number of nitrogens with zero attached hydrogens (tertiary/aromatic N) is 2. The van der Waals surface area contributed by atoms with Crippen LogP contribution in [0, 0.1) is 0 Å². The maximum atomic E-state index is 12.3. The van der Waals surface area contributed by atoms with Crippen molar-refractivity contribution in [1.29, 1.82) is 0 Å². The standard InChI is InChI=1S/C18H20N4OS/c1-18(7-8-18)13-4-5-14(21-24-3)20-15(13)12-10-22(2)17(23)16-11(12)6-9-19-16/h4-6,9-10,19H,7-8H2,1-3H3,(H,20,21). The fourth-order valence-electron chi connectivity index (χ4n) is 3.23. The molecule has 0 radical (unpaired) electrons. The molecular formula is C18H20N4OS. The summed E-state index contributed by atoms with van der Waals surface area (Å²) < 4.78 is 4.84. The molecule has 1 fully saturated rings. The molecule has 0 saturated heterocycles. The molecule has 4 rings (SSSR count). The summed E-state index contributed by atoms with van der Waals surface area (Å²) in [5.74, 6) is 0.836. The Hall–Kier alpha value is -2.21. The number of rotatable bonds is 4. The minimum absolute atomic E-state index is 0.0173. The van der Waals surface area contributed by atoms with E-state index in [2.05, 4.69) is 22.7 Å². The first-order valence-corrected chi connectivity index (χ1v) is 9.23. The minimum Gasteiger partial charge on any atom is -0.357 e. The zero-order chi connectivity index (χ0) is 16.9. The van der Waals surface area contributed by atoms with Gasteiger partial charge in [0.25, 0.3) is 5.56 Å². The lowest BCUT2D eigenvalue weighted by Gasteiger charge is -2.17. The molecule has 2 N–H and O–H groups in total. The number of hydrogen-bond acceptors (Lipinski definition) is 4. The van der Waals surface area contributed by atoms with E-state index in [0.717, 1.165) is 22.5 Å². The van der Waals surface area contributed by atoms with E-state index >= 15 is 0 Å². The molecule has 1 saturated carbocycles. The molecule has 1 aliphatic carbocycles. The molecule has 0 amide bonds. The maximum absolute atomic E-state index is 12.3. The van der Waals surface area contributed by atoms with Crippen LogP contribution in [0.15, 0.2) is 35.4 Å². The highest BCUT2D eigenvalue weighted by Gasteiger charge is 2.41. The van der Waals surface area contributed by atoms with E-state index in [9.17, 15) is 4.79 Å². The van der Waals surface area contributed by atoms with Crippen LogP contribution in [-0.4, -0.2) is 20.8 Å². The highest BCUT2D eigenvalue weighted by atomic mass is 32.2. The van der Waals surface area contributed by atoms with Crippen molar-refractivity contribution in [3.05, 3.63) is 46.5 Å². The van der Waals surface area contributed by atoms with Gasteiger partial charge in [0.1, 0.15) is 11.3 Å². The van der Waals surface area contributed by atoms with Gasteiger partial charge in [0.15, 0.2) is 0 Å². The van der Waals surface area contributed by atoms with Crippen LogP contribution in [0.2, 0.25) is 0 Å². The van der Waals surface area contributed by atoms with Gasteiger partial charge < -0.3 is 14.3 Å². The number of aryl methyl sites for hydroxylation is 1. The van der Waals surface area contributed by atoms with Crippen molar-refractivity contribution < 1.29 is 0 Å². The number of anilines is 1. The molecule has 6 heteroatoms. The van der Waals surface area contributed by atoms with Crippen LogP contribution in [-0.2, 0) is 12.5 Å². The lowest BCUT2D eigenvalue weighted by Crippen LogP contribution is -2.17. The molecular weight excluding hydrogens is 320 g/mol. The smallest absolute Gasteiger partial charge is 0.274 e. The van der Waals surface area contributed by atoms with Crippen molar-refractivity contribution in [2.24, 2.45) is 7.05 Å². The molecule has 0 aliphatic heterocycles. The molecule has 3 aromatic heterocycles. The Kier molecular flexibility index (Phi) is 3.46. The molecule has 0 unspecified atom stereocenters. The summed E-state index contributed by atoms with van der Waals surface area (Å²) in [7, 11) is 1.79. The third-order valence-corrected chi connectivity index (χ3v) is 5.31. The van der Waals surface area contributed by atoms with E-state index in [-0.39, 0.29) is 11.0 Å². The second-order valence-corrected chi connectivity index (χ2v) is 7.30. The van der Waals surface area contributed by atoms with Gasteiger partial charge in [-0.25, -0.2) is 4.98 Å². The zero-order valence-corrected chi connectivity index (χ0v) is 14.8. The van der Waals surface area contributed by atoms with Crippen molar-refractivity contribution in [3.63, 3.8) is 0 Å². The molecule has 0 bridgehead atoms. The topological polar surface area (TPSA) is 62.7 Å². The summed E-state index contributed by atoms with van der Waals surface area (Å²) in [4.78, 5) is 20.3. The van der Waals surface area contributed by atoms with E-state index in [1.54, 1.807) is 11.6 Å². The van der Waals surface area contributed by atoms with Crippen LogP contribution in [0.25, 0.3) is 22.2 Å². The normalized spacial score (nSPS) is 15.6.